The first kappa shape index (κ1) is 25.7. The van der Waals surface area contributed by atoms with E-state index < -0.39 is 0 Å². The fourth-order valence-corrected chi connectivity index (χ4v) is 5.64. The lowest BCUT2D eigenvalue weighted by Gasteiger charge is -2.36. The second-order valence-corrected chi connectivity index (χ2v) is 10.4. The lowest BCUT2D eigenvalue weighted by molar-refractivity contribution is 0.157. The molecule has 0 amide bonds. The minimum atomic E-state index is -0.329. The summed E-state index contributed by atoms with van der Waals surface area (Å²) >= 11 is 0. The minimum Gasteiger partial charge on any atom is -0.484 e. The van der Waals surface area contributed by atoms with E-state index in [0.29, 0.717) is 48.2 Å². The molecule has 2 aromatic carbocycles. The molecule has 1 atom stereocenters. The van der Waals surface area contributed by atoms with Gasteiger partial charge in [-0.1, -0.05) is 43.3 Å². The molecule has 0 saturated heterocycles. The number of rotatable bonds is 6. The smallest absolute Gasteiger partial charge is 0.265 e. The number of hydrogen-bond donors (Lipinski definition) is 2. The number of allylic oxidation sites excluding steroid dienone is 1. The van der Waals surface area contributed by atoms with E-state index in [1.54, 1.807) is 10.6 Å². The number of pyridine rings is 1. The Morgan fingerprint density at radius 3 is 2.80 bits per heavy atom. The van der Waals surface area contributed by atoms with Crippen LogP contribution in [0.2, 0.25) is 0 Å². The highest BCUT2D eigenvalue weighted by Crippen LogP contribution is 2.33. The van der Waals surface area contributed by atoms with E-state index in [1.165, 1.54) is 12.1 Å². The van der Waals surface area contributed by atoms with Gasteiger partial charge in [0.15, 0.2) is 5.82 Å². The summed E-state index contributed by atoms with van der Waals surface area (Å²) in [5.74, 6) is 1.18. The maximum atomic E-state index is 13.9. The van der Waals surface area contributed by atoms with Crippen LogP contribution in [0.25, 0.3) is 17.0 Å². The molecule has 0 radical (unpaired) electrons. The van der Waals surface area contributed by atoms with Gasteiger partial charge >= 0.3 is 0 Å². The number of nitrogen functional groups attached to an aromatic ring is 1. The Bertz CT molecular complexity index is 1810. The predicted octanol–water partition coefficient (Wildman–Crippen LogP) is 2.75. The molecule has 4 heterocycles. The van der Waals surface area contributed by atoms with Crippen LogP contribution >= 0.6 is 0 Å². The Labute approximate surface area is 230 Å². The molecule has 2 aromatic heterocycles. The molecule has 0 saturated carbocycles. The Morgan fingerprint density at radius 1 is 1.23 bits per heavy atom. The van der Waals surface area contributed by atoms with Crippen LogP contribution in [-0.4, -0.2) is 53.0 Å². The Balaban J connectivity index is 1.44. The Hall–Kier alpha value is -4.60. The molecule has 4 aromatic rings. The van der Waals surface area contributed by atoms with Crippen molar-refractivity contribution < 1.29 is 9.13 Å². The van der Waals surface area contributed by atoms with E-state index in [9.17, 15) is 9.18 Å². The third-order valence-electron chi connectivity index (χ3n) is 7.65. The first-order valence-corrected chi connectivity index (χ1v) is 13.4. The van der Waals surface area contributed by atoms with Gasteiger partial charge in [-0.3, -0.25) is 14.5 Å². The number of nitrogens with one attached hydrogen (secondary N) is 1. The quantitative estimate of drug-likeness (QED) is 0.389. The molecule has 2 aliphatic heterocycles. The number of halogens is 1. The molecular weight excluding hydrogens is 509 g/mol. The number of aromatic nitrogens is 3. The van der Waals surface area contributed by atoms with Crippen LogP contribution < -0.4 is 31.6 Å². The number of benzene rings is 2. The molecule has 10 heteroatoms. The summed E-state index contributed by atoms with van der Waals surface area (Å²) in [5, 5.41) is 8.30. The van der Waals surface area contributed by atoms with E-state index in [2.05, 4.69) is 33.0 Å². The predicted molar refractivity (Wildman–Crippen MR) is 154 cm³/mol. The maximum absolute atomic E-state index is 13.9. The van der Waals surface area contributed by atoms with Crippen LogP contribution in [0.3, 0.4) is 0 Å². The van der Waals surface area contributed by atoms with Gasteiger partial charge in [0.05, 0.1) is 30.8 Å². The van der Waals surface area contributed by atoms with Gasteiger partial charge in [-0.05, 0) is 36.1 Å². The van der Waals surface area contributed by atoms with Crippen molar-refractivity contribution in [1.82, 2.24) is 19.7 Å². The van der Waals surface area contributed by atoms with Gasteiger partial charge in [0, 0.05) is 25.4 Å². The van der Waals surface area contributed by atoms with Crippen molar-refractivity contribution in [3.05, 3.63) is 92.4 Å². The lowest BCUT2D eigenvalue weighted by Crippen LogP contribution is -2.46. The highest BCUT2D eigenvalue weighted by Gasteiger charge is 2.27. The third kappa shape index (κ3) is 4.49. The zero-order valence-corrected chi connectivity index (χ0v) is 22.8. The largest absolute Gasteiger partial charge is 0.484 e. The number of ether oxygens (including phenoxy) is 1. The van der Waals surface area contributed by atoms with Gasteiger partial charge in [-0.2, -0.15) is 5.10 Å². The van der Waals surface area contributed by atoms with Crippen molar-refractivity contribution in [2.24, 2.45) is 4.99 Å². The van der Waals surface area contributed by atoms with E-state index in [-0.39, 0.29) is 23.3 Å². The molecule has 40 heavy (non-hydrogen) atoms. The van der Waals surface area contributed by atoms with E-state index in [0.717, 1.165) is 34.3 Å². The average Bonchev–Trinajstić information content (AvgIpc) is 3.21. The summed E-state index contributed by atoms with van der Waals surface area (Å²) in [6.45, 7) is 3.62. The second-order valence-electron chi connectivity index (χ2n) is 10.4. The van der Waals surface area contributed by atoms with Crippen molar-refractivity contribution >= 4 is 28.5 Å². The molecule has 0 bridgehead atoms. The van der Waals surface area contributed by atoms with Crippen LogP contribution in [0.1, 0.15) is 25.3 Å². The molecule has 0 fully saturated rings. The van der Waals surface area contributed by atoms with Gasteiger partial charge < -0.3 is 20.3 Å². The van der Waals surface area contributed by atoms with E-state index in [1.807, 2.05) is 44.4 Å². The zero-order valence-electron chi connectivity index (χ0n) is 22.8. The monoisotopic (exact) mass is 541 g/mol. The molecule has 6 rings (SSSR count). The number of anilines is 2. The molecule has 2 aliphatic rings. The number of nitrogens with two attached hydrogens (primary N) is 1. The van der Waals surface area contributed by atoms with Gasteiger partial charge in [0.1, 0.15) is 34.4 Å². The maximum Gasteiger partial charge on any atom is 0.265 e. The number of likely N-dealkylation sites (N-methyl/N-ethyl adjacent to an activating group) is 2. The summed E-state index contributed by atoms with van der Waals surface area (Å²) in [6, 6.07) is 14.4. The summed E-state index contributed by atoms with van der Waals surface area (Å²) in [7, 11) is 3.96. The number of nitrogens with zero attached hydrogens (tertiary/aromatic N) is 5. The van der Waals surface area contributed by atoms with Crippen LogP contribution in [0.4, 0.5) is 15.9 Å². The SMILES string of the molecule is CCC1=C(N(C)CC2CN(C)c3ccc(F)cc3O2)N=c2c(c3[nH]nc(N)c3c(=O)n2Cc2ccccc2)=CC1. The standard InChI is InChI=1S/C30H32FN7O2/c1-4-19-10-12-22-26-25(27(32)35-34-26)30(39)38(15-18-8-6-5-7-9-18)29(22)33-28(19)37(3)17-21-16-36(2)23-13-11-20(31)14-24(23)40-21/h5-9,11-14,21H,4,10,15-17H2,1-3H3,(H3,32,34,35). The first-order chi connectivity index (χ1) is 19.3. The van der Waals surface area contributed by atoms with Crippen LogP contribution in [-0.2, 0) is 6.54 Å². The second kappa shape index (κ2) is 10.2. The Morgan fingerprint density at radius 2 is 2.02 bits per heavy atom. The fraction of sp³-hybridized carbons (Fsp3) is 0.300. The fourth-order valence-electron chi connectivity index (χ4n) is 5.64. The molecule has 1 unspecified atom stereocenters. The highest BCUT2D eigenvalue weighted by molar-refractivity contribution is 5.88. The van der Waals surface area contributed by atoms with Crippen molar-refractivity contribution in [1.29, 1.82) is 0 Å². The molecule has 0 spiro atoms. The topological polar surface area (TPSA) is 105 Å². The number of hydrogen-bond acceptors (Lipinski definition) is 7. The first-order valence-electron chi connectivity index (χ1n) is 13.4. The zero-order chi connectivity index (χ0) is 28.0. The molecular formula is C30H32FN7O2. The third-order valence-corrected chi connectivity index (χ3v) is 7.65. The molecule has 0 aliphatic carbocycles. The lowest BCUT2D eigenvalue weighted by atomic mass is 10.1. The highest BCUT2D eigenvalue weighted by atomic mass is 19.1. The van der Waals surface area contributed by atoms with Gasteiger partial charge in [-0.25, -0.2) is 9.38 Å². The number of aromatic amines is 1. The minimum absolute atomic E-state index is 0.179. The summed E-state index contributed by atoms with van der Waals surface area (Å²) < 4.78 is 21.9. The van der Waals surface area contributed by atoms with E-state index >= 15 is 0 Å². The van der Waals surface area contributed by atoms with Crippen molar-refractivity contribution in [3.8, 4) is 5.75 Å². The summed E-state index contributed by atoms with van der Waals surface area (Å²) in [5.41, 5.74) is 10.0. The van der Waals surface area contributed by atoms with Crippen molar-refractivity contribution in [3.63, 3.8) is 0 Å². The normalized spacial score (nSPS) is 16.5. The van der Waals surface area contributed by atoms with Crippen LogP contribution in [0.5, 0.6) is 5.75 Å². The molecule has 3 N–H and O–H groups in total. The Kier molecular flexibility index (Phi) is 6.53. The summed E-state index contributed by atoms with van der Waals surface area (Å²) in [4.78, 5) is 23.1. The van der Waals surface area contributed by atoms with E-state index in [4.69, 9.17) is 15.5 Å². The average molecular weight is 542 g/mol. The van der Waals surface area contributed by atoms with Crippen molar-refractivity contribution in [2.75, 3.05) is 37.8 Å². The van der Waals surface area contributed by atoms with Crippen molar-refractivity contribution in [2.45, 2.75) is 32.4 Å². The number of H-pyrrole nitrogens is 1. The molecule has 9 nitrogen and oxygen atoms in total. The van der Waals surface area contributed by atoms with Crippen LogP contribution in [0, 0.1) is 5.82 Å². The summed E-state index contributed by atoms with van der Waals surface area (Å²) in [6.07, 6.45) is 3.33. The molecule has 206 valence electrons. The van der Waals surface area contributed by atoms with Crippen LogP contribution in [0.15, 0.2) is 69.7 Å². The van der Waals surface area contributed by atoms with Gasteiger partial charge in [0.25, 0.3) is 5.56 Å². The van der Waals surface area contributed by atoms with Gasteiger partial charge in [-0.15, -0.1) is 0 Å². The number of fused-ring (bicyclic) bond motifs is 4. The van der Waals surface area contributed by atoms with Gasteiger partial charge in [0.2, 0.25) is 0 Å².